The predicted octanol–water partition coefficient (Wildman–Crippen LogP) is 12.3. The summed E-state index contributed by atoms with van der Waals surface area (Å²) in [5.74, 6) is -0.279. The van der Waals surface area contributed by atoms with Gasteiger partial charge in [0.1, 0.15) is 73.2 Å². The molecule has 3 fully saturated rings. The summed E-state index contributed by atoms with van der Waals surface area (Å²) in [5, 5.41) is 121. The normalized spacial score (nSPS) is 27.2. The van der Waals surface area contributed by atoms with Crippen LogP contribution < -0.4 is 5.32 Å². The van der Waals surface area contributed by atoms with Gasteiger partial charge in [-0.3, -0.25) is 4.79 Å². The SMILES string of the molecule is CC/C=C\C/C=C\C/C=C\C/C=C\CCCCCCCCCCCCC(=O)NC(COC1OC(CO)C(OC2OC(CO)C(OC3OC(CO)C(O)C(O)C3O)C(O)C2O)C(O)C1O)C(O)/C=C/CCCCCCCCCCCCCCCCCCCCCCCCCCCCC. The second-order valence-corrected chi connectivity index (χ2v) is 27.8. The van der Waals surface area contributed by atoms with Crippen LogP contribution in [0.5, 0.6) is 0 Å². The quantitative estimate of drug-likeness (QED) is 0.0199. The van der Waals surface area contributed by atoms with E-state index in [0.29, 0.717) is 6.42 Å². The minimum Gasteiger partial charge on any atom is -0.394 e. The molecule has 3 saturated heterocycles. The van der Waals surface area contributed by atoms with E-state index in [1.165, 1.54) is 186 Å². The fraction of sp³-hybridized carbons (Fsp3) is 0.859. The van der Waals surface area contributed by atoms with E-state index in [1.807, 2.05) is 6.08 Å². The zero-order valence-corrected chi connectivity index (χ0v) is 60.3. The van der Waals surface area contributed by atoms with Crippen LogP contribution in [0.3, 0.4) is 0 Å². The molecule has 3 aliphatic heterocycles. The molecule has 0 radical (unpaired) electrons. The number of allylic oxidation sites excluding steroid dienone is 9. The number of amides is 1. The molecule has 0 bridgehead atoms. The lowest BCUT2D eigenvalue weighted by Gasteiger charge is -2.48. The average Bonchev–Trinajstić information content (AvgIpc) is 0.826. The highest BCUT2D eigenvalue weighted by atomic mass is 16.8. The van der Waals surface area contributed by atoms with Gasteiger partial charge in [-0.05, 0) is 57.8 Å². The summed E-state index contributed by atoms with van der Waals surface area (Å²) in [6.07, 6.45) is 47.7. The van der Waals surface area contributed by atoms with Crippen LogP contribution in [0.4, 0.5) is 0 Å². The van der Waals surface area contributed by atoms with Gasteiger partial charge >= 0.3 is 0 Å². The minimum atomic E-state index is -1.98. The zero-order valence-electron chi connectivity index (χ0n) is 60.3. The van der Waals surface area contributed by atoms with Crippen LogP contribution in [-0.4, -0.2) is 193 Å². The number of aliphatic hydroxyl groups excluding tert-OH is 11. The first-order valence-corrected chi connectivity index (χ1v) is 39.0. The molecule has 0 aliphatic carbocycles. The van der Waals surface area contributed by atoms with E-state index in [0.717, 1.165) is 83.5 Å². The fourth-order valence-corrected chi connectivity index (χ4v) is 13.1. The van der Waals surface area contributed by atoms with Gasteiger partial charge in [0.25, 0.3) is 0 Å². The molecule has 19 nitrogen and oxygen atoms in total. The van der Waals surface area contributed by atoms with Gasteiger partial charge in [-0.1, -0.05) is 293 Å². The van der Waals surface area contributed by atoms with Crippen molar-refractivity contribution in [1.82, 2.24) is 5.32 Å². The highest BCUT2D eigenvalue weighted by Gasteiger charge is 2.53. The van der Waals surface area contributed by atoms with Gasteiger partial charge < -0.3 is 89.9 Å². The number of unbranched alkanes of at least 4 members (excludes halogenated alkanes) is 37. The molecule has 12 N–H and O–H groups in total. The molecule has 3 aliphatic rings. The van der Waals surface area contributed by atoms with Crippen LogP contribution in [0.1, 0.15) is 296 Å². The van der Waals surface area contributed by atoms with Gasteiger partial charge in [-0.15, -0.1) is 0 Å². The molecular weight excluding hydrogens is 1240 g/mol. The third-order valence-corrected chi connectivity index (χ3v) is 19.3. The lowest BCUT2D eigenvalue weighted by molar-refractivity contribution is -0.379. The Balaban J connectivity index is 1.39. The number of rotatable bonds is 61. The monoisotopic (exact) mass is 1380 g/mol. The number of hydrogen-bond acceptors (Lipinski definition) is 18. The molecule has 0 spiro atoms. The van der Waals surface area contributed by atoms with Crippen molar-refractivity contribution in [1.29, 1.82) is 0 Å². The van der Waals surface area contributed by atoms with Gasteiger partial charge in [-0.2, -0.15) is 0 Å². The van der Waals surface area contributed by atoms with Crippen molar-refractivity contribution >= 4 is 5.91 Å². The Kier molecular flexibility index (Phi) is 53.9. The minimum absolute atomic E-state index is 0.236. The number of ether oxygens (including phenoxy) is 6. The summed E-state index contributed by atoms with van der Waals surface area (Å²) in [6, 6.07) is -0.980. The number of aliphatic hydroxyl groups is 11. The van der Waals surface area contributed by atoms with Crippen LogP contribution in [0.2, 0.25) is 0 Å². The highest BCUT2D eigenvalue weighted by Crippen LogP contribution is 2.33. The molecule has 0 aromatic rings. The Labute approximate surface area is 586 Å². The zero-order chi connectivity index (χ0) is 70.4. The first-order valence-electron chi connectivity index (χ1n) is 39.0. The van der Waals surface area contributed by atoms with Crippen molar-refractivity contribution in [3.05, 3.63) is 60.8 Å². The Morgan fingerprint density at radius 1 is 0.381 bits per heavy atom. The molecule has 17 unspecified atom stereocenters. The molecule has 566 valence electrons. The van der Waals surface area contributed by atoms with E-state index in [2.05, 4.69) is 67.8 Å². The lowest BCUT2D eigenvalue weighted by atomic mass is 9.96. The number of nitrogens with one attached hydrogen (secondary N) is 1. The molecule has 19 heteroatoms. The third kappa shape index (κ3) is 39.6. The topological polar surface area (TPSA) is 307 Å². The van der Waals surface area contributed by atoms with Gasteiger partial charge in [-0.25, -0.2) is 0 Å². The van der Waals surface area contributed by atoms with Crippen LogP contribution in [0, 0.1) is 0 Å². The van der Waals surface area contributed by atoms with Crippen molar-refractivity contribution in [2.75, 3.05) is 26.4 Å². The van der Waals surface area contributed by atoms with Crippen molar-refractivity contribution in [3.63, 3.8) is 0 Å². The van der Waals surface area contributed by atoms with E-state index >= 15 is 0 Å². The molecule has 3 rings (SSSR count). The smallest absolute Gasteiger partial charge is 0.220 e. The number of carbonyl (C=O) groups excluding carboxylic acids is 1. The summed E-state index contributed by atoms with van der Waals surface area (Å²) in [7, 11) is 0. The molecule has 1 amide bonds. The van der Waals surface area contributed by atoms with E-state index in [-0.39, 0.29) is 18.9 Å². The summed E-state index contributed by atoms with van der Waals surface area (Å²) >= 11 is 0. The van der Waals surface area contributed by atoms with Gasteiger partial charge in [0.2, 0.25) is 5.91 Å². The first-order chi connectivity index (χ1) is 47.3. The van der Waals surface area contributed by atoms with E-state index in [9.17, 15) is 61.0 Å². The first kappa shape index (κ1) is 88.7. The van der Waals surface area contributed by atoms with Gasteiger partial charge in [0.15, 0.2) is 18.9 Å². The van der Waals surface area contributed by atoms with Crippen molar-refractivity contribution < 1.29 is 89.4 Å². The van der Waals surface area contributed by atoms with Crippen LogP contribution in [0.25, 0.3) is 0 Å². The number of hydrogen-bond donors (Lipinski definition) is 12. The van der Waals surface area contributed by atoms with Gasteiger partial charge in [0.05, 0.1) is 38.6 Å². The Bertz CT molecular complexity index is 1990. The molecule has 0 aromatic carbocycles. The van der Waals surface area contributed by atoms with Crippen LogP contribution in [-0.2, 0) is 33.2 Å². The number of carbonyl (C=O) groups is 1. The molecule has 0 saturated carbocycles. The molecule has 0 aromatic heterocycles. The largest absolute Gasteiger partial charge is 0.394 e. The highest BCUT2D eigenvalue weighted by molar-refractivity contribution is 5.76. The average molecular weight is 1380 g/mol. The summed E-state index contributed by atoms with van der Waals surface area (Å²) < 4.78 is 34.4. The molecular formula is C78H141NO18. The predicted molar refractivity (Wildman–Crippen MR) is 383 cm³/mol. The maximum absolute atomic E-state index is 13.5. The lowest BCUT2D eigenvalue weighted by Crippen LogP contribution is -2.66. The summed E-state index contributed by atoms with van der Waals surface area (Å²) in [4.78, 5) is 13.5. The Morgan fingerprint density at radius 2 is 0.711 bits per heavy atom. The summed E-state index contributed by atoms with van der Waals surface area (Å²) in [6.45, 7) is 1.65. The van der Waals surface area contributed by atoms with Crippen molar-refractivity contribution in [2.24, 2.45) is 0 Å². The third-order valence-electron chi connectivity index (χ3n) is 19.3. The Morgan fingerprint density at radius 3 is 1.11 bits per heavy atom. The van der Waals surface area contributed by atoms with Crippen LogP contribution in [0.15, 0.2) is 60.8 Å². The van der Waals surface area contributed by atoms with Crippen molar-refractivity contribution in [3.8, 4) is 0 Å². The van der Waals surface area contributed by atoms with Gasteiger partial charge in [0, 0.05) is 6.42 Å². The van der Waals surface area contributed by atoms with Crippen LogP contribution >= 0.6 is 0 Å². The molecule has 17 atom stereocenters. The van der Waals surface area contributed by atoms with E-state index in [1.54, 1.807) is 6.08 Å². The Hall–Kier alpha value is -2.51. The maximum atomic E-state index is 13.5. The second-order valence-electron chi connectivity index (χ2n) is 27.8. The standard InChI is InChI=1S/C78H141NO18/c1-3-5-7-9-11-13-15-17-19-21-23-25-27-28-29-30-31-32-34-35-37-39-41-43-45-47-49-51-53-55-62(83)61(79-66(84)56-54-52-50-48-46-44-42-40-38-36-33-26-24-22-20-18-16-14-12-10-8-6-4-2)60-92-76-72(90)69(87)74(64(58-81)94-76)97-78-73(91)70(88)75(65(59-82)95-78)96-77-71(89)68(86)67(85)63(57-80)93-77/h6,8,12,14,18,20,24,26,53,55,61-65,67-78,80-83,85-91H,3-5,7,9-11,13,15-17,19,21-23,25,27-52,54,56-60H2,1-2H3,(H,79,84)/b8-6-,14-12-,20-18-,26-24-,55-53+. The maximum Gasteiger partial charge on any atom is 0.220 e. The molecule has 97 heavy (non-hydrogen) atoms. The van der Waals surface area contributed by atoms with E-state index in [4.69, 9.17) is 28.4 Å². The molecule has 3 heterocycles. The second kappa shape index (κ2) is 58.9. The fourth-order valence-electron chi connectivity index (χ4n) is 13.1. The van der Waals surface area contributed by atoms with Crippen molar-refractivity contribution in [2.45, 2.75) is 401 Å². The van der Waals surface area contributed by atoms with E-state index < -0.39 is 124 Å². The summed E-state index contributed by atoms with van der Waals surface area (Å²) in [5.41, 5.74) is 0.